The predicted octanol–water partition coefficient (Wildman–Crippen LogP) is -1.02. The zero-order valence-corrected chi connectivity index (χ0v) is 18.9. The molecule has 1 aliphatic rings. The number of fused-ring (bicyclic) bond motifs is 1. The number of hydrogen-bond donors (Lipinski definition) is 8. The third kappa shape index (κ3) is 5.82. The molecule has 2 aromatic rings. The van der Waals surface area contributed by atoms with Crippen molar-refractivity contribution < 1.29 is 66.6 Å². The Hall–Kier alpha value is -1.40. The number of phosphoric acid groups is 3. The van der Waals surface area contributed by atoms with Crippen molar-refractivity contribution in [2.75, 3.05) is 12.1 Å². The van der Waals surface area contributed by atoms with E-state index in [4.69, 9.17) is 24.6 Å². The molecule has 33 heavy (non-hydrogen) atoms. The second-order valence-electron chi connectivity index (χ2n) is 6.74. The van der Waals surface area contributed by atoms with Crippen LogP contribution in [0.3, 0.4) is 0 Å². The number of nitrogens with zero attached hydrogens (tertiary/aromatic N) is 4. The molecular weight excluding hydrogens is 519 g/mol. The number of rotatable bonds is 9. The molecule has 0 aliphatic carbocycles. The van der Waals surface area contributed by atoms with Crippen LogP contribution >= 0.6 is 23.5 Å². The molecule has 0 amide bonds. The van der Waals surface area contributed by atoms with Gasteiger partial charge in [0.05, 0.1) is 12.9 Å². The molecule has 0 aromatic carbocycles. The number of imidazole rings is 1. The van der Waals surface area contributed by atoms with Crippen molar-refractivity contribution in [1.82, 2.24) is 19.5 Å². The van der Waals surface area contributed by atoms with E-state index in [2.05, 4.69) is 28.1 Å². The molecule has 19 nitrogen and oxygen atoms in total. The Kier molecular flexibility index (Phi) is 7.14. The highest BCUT2D eigenvalue weighted by Gasteiger charge is 2.54. The summed E-state index contributed by atoms with van der Waals surface area (Å²) in [5.41, 5.74) is -0.116. The van der Waals surface area contributed by atoms with Gasteiger partial charge in [-0.3, -0.25) is 19.8 Å². The number of nitrogens with one attached hydrogen (secondary N) is 1. The lowest BCUT2D eigenvalue weighted by Gasteiger charge is -2.27. The highest BCUT2D eigenvalue weighted by atomic mass is 31.3. The van der Waals surface area contributed by atoms with E-state index in [1.54, 1.807) is 5.48 Å². The molecule has 0 saturated carbocycles. The summed E-state index contributed by atoms with van der Waals surface area (Å²) < 4.78 is 52.2. The first kappa shape index (κ1) is 26.2. The summed E-state index contributed by atoms with van der Waals surface area (Å²) in [5, 5.41) is 30.3. The maximum absolute atomic E-state index is 11.9. The van der Waals surface area contributed by atoms with Crippen LogP contribution in [0.4, 0.5) is 5.82 Å². The Balaban J connectivity index is 1.76. The van der Waals surface area contributed by atoms with E-state index in [1.807, 2.05) is 0 Å². The van der Waals surface area contributed by atoms with Gasteiger partial charge >= 0.3 is 23.5 Å². The van der Waals surface area contributed by atoms with Crippen molar-refractivity contribution in [2.45, 2.75) is 31.0 Å². The molecule has 1 saturated heterocycles. The van der Waals surface area contributed by atoms with Crippen molar-refractivity contribution in [3.8, 4) is 0 Å². The number of aliphatic hydroxyl groups is 2. The van der Waals surface area contributed by atoms with E-state index < -0.39 is 54.1 Å². The van der Waals surface area contributed by atoms with Gasteiger partial charge in [-0.05, 0) is 6.92 Å². The van der Waals surface area contributed by atoms with Gasteiger partial charge < -0.3 is 34.5 Å². The average Bonchev–Trinajstić information content (AvgIpc) is 3.16. The van der Waals surface area contributed by atoms with E-state index in [9.17, 15) is 28.8 Å². The normalized spacial score (nSPS) is 29.6. The predicted molar refractivity (Wildman–Crippen MR) is 101 cm³/mol. The molecule has 1 aliphatic heterocycles. The second kappa shape index (κ2) is 8.99. The smallest absolute Gasteiger partial charge is 0.387 e. The summed E-state index contributed by atoms with van der Waals surface area (Å²) in [7, 11) is -16.8. The van der Waals surface area contributed by atoms with Crippen LogP contribution in [0, 0.1) is 0 Å². The maximum Gasteiger partial charge on any atom is 0.490 e. The number of aromatic nitrogens is 4. The zero-order chi connectivity index (χ0) is 24.8. The first-order valence-electron chi connectivity index (χ1n) is 8.48. The monoisotopic (exact) mass is 537 g/mol. The van der Waals surface area contributed by atoms with E-state index in [0.717, 1.165) is 19.6 Å². The van der Waals surface area contributed by atoms with Crippen LogP contribution < -0.4 is 5.48 Å². The lowest BCUT2D eigenvalue weighted by molar-refractivity contribution is -0.0949. The fourth-order valence-electron chi connectivity index (χ4n) is 2.95. The molecule has 8 N–H and O–H groups in total. The summed E-state index contributed by atoms with van der Waals surface area (Å²) in [4.78, 5) is 47.4. The standard InChI is InChI=1S/C11H18N5O14P3/c1-11(18)7(17)5(2-27-32(23,24)30-33(25,26)29-31(20,21)22)28-10(11)16-4-14-6-8(15-19)12-3-13-9(6)16/h3-5,7,10,17-19H,2H2,1H3,(H,23,24)(H,25,26)(H,12,13,15)(H2,20,21,22)/t5-,7-,10-,11?/m1/s1. The third-order valence-corrected chi connectivity index (χ3v) is 8.09. The van der Waals surface area contributed by atoms with Crippen molar-refractivity contribution in [2.24, 2.45) is 0 Å². The molecule has 3 unspecified atom stereocenters. The van der Waals surface area contributed by atoms with Crippen LogP contribution in [0.1, 0.15) is 13.2 Å². The van der Waals surface area contributed by atoms with Gasteiger partial charge in [-0.15, -0.1) is 0 Å². The summed E-state index contributed by atoms with van der Waals surface area (Å²) in [6.45, 7) is 0.161. The SMILES string of the molecule is CC1(O)[C@H](O)[C@@H](COP(=O)(O)OP(=O)(O)OP(=O)(O)O)O[C@H]1n1cnc2c(NO)ncnc21. The second-order valence-corrected chi connectivity index (χ2v) is 11.2. The first-order valence-corrected chi connectivity index (χ1v) is 13.0. The summed E-state index contributed by atoms with van der Waals surface area (Å²) in [5.74, 6) is -0.0684. The molecule has 0 radical (unpaired) electrons. The number of anilines is 1. The van der Waals surface area contributed by atoms with Crippen molar-refractivity contribution in [3.05, 3.63) is 12.7 Å². The number of hydrogen-bond acceptors (Lipinski definition) is 14. The van der Waals surface area contributed by atoms with Crippen molar-refractivity contribution in [3.63, 3.8) is 0 Å². The van der Waals surface area contributed by atoms with E-state index in [0.29, 0.717) is 0 Å². The van der Waals surface area contributed by atoms with Crippen LogP contribution in [0.2, 0.25) is 0 Å². The molecule has 22 heteroatoms. The molecule has 6 atom stereocenters. The fraction of sp³-hybridized carbons (Fsp3) is 0.545. The number of aliphatic hydroxyl groups excluding tert-OH is 1. The van der Waals surface area contributed by atoms with Crippen LogP contribution in [-0.4, -0.2) is 78.9 Å². The Bertz CT molecular complexity index is 1170. The topological polar surface area (TPSA) is 285 Å². The highest BCUT2D eigenvalue weighted by molar-refractivity contribution is 7.66. The number of ether oxygens (including phenoxy) is 1. The quantitative estimate of drug-likeness (QED) is 0.140. The lowest BCUT2D eigenvalue weighted by atomic mass is 9.96. The van der Waals surface area contributed by atoms with Gasteiger partial charge in [0.15, 0.2) is 23.2 Å². The van der Waals surface area contributed by atoms with E-state index in [-0.39, 0.29) is 17.0 Å². The molecule has 1 fully saturated rings. The Morgan fingerprint density at radius 2 is 1.82 bits per heavy atom. The van der Waals surface area contributed by atoms with Crippen molar-refractivity contribution >= 4 is 40.4 Å². The molecule has 186 valence electrons. The maximum atomic E-state index is 11.9. The minimum Gasteiger partial charge on any atom is -0.387 e. The summed E-state index contributed by atoms with van der Waals surface area (Å²) in [6.07, 6.45) is -2.47. The van der Waals surface area contributed by atoms with Crippen molar-refractivity contribution in [1.29, 1.82) is 0 Å². The molecule has 3 heterocycles. The lowest BCUT2D eigenvalue weighted by Crippen LogP contribution is -2.44. The summed E-state index contributed by atoms with van der Waals surface area (Å²) in [6, 6.07) is 0. The summed E-state index contributed by atoms with van der Waals surface area (Å²) >= 11 is 0. The van der Waals surface area contributed by atoms with Crippen LogP contribution in [-0.2, 0) is 31.6 Å². The average molecular weight is 537 g/mol. The molecule has 0 spiro atoms. The minimum atomic E-state index is -5.73. The Labute approximate surface area is 183 Å². The van der Waals surface area contributed by atoms with Gasteiger partial charge in [-0.1, -0.05) is 0 Å². The largest absolute Gasteiger partial charge is 0.490 e. The van der Waals surface area contributed by atoms with E-state index >= 15 is 0 Å². The highest BCUT2D eigenvalue weighted by Crippen LogP contribution is 2.66. The van der Waals surface area contributed by atoms with Gasteiger partial charge in [0.25, 0.3) is 0 Å². The minimum absolute atomic E-state index is 0.0626. The fourth-order valence-corrected chi connectivity index (χ4v) is 5.98. The molecular formula is C11H18N5O14P3. The Morgan fingerprint density at radius 3 is 2.42 bits per heavy atom. The van der Waals surface area contributed by atoms with Crippen LogP contribution in [0.25, 0.3) is 11.2 Å². The molecule has 2 aromatic heterocycles. The zero-order valence-electron chi connectivity index (χ0n) is 16.2. The third-order valence-electron chi connectivity index (χ3n) is 4.29. The molecule has 3 rings (SSSR count). The van der Waals surface area contributed by atoms with Gasteiger partial charge in [0.2, 0.25) is 0 Å². The Morgan fingerprint density at radius 1 is 1.15 bits per heavy atom. The van der Waals surface area contributed by atoms with Gasteiger partial charge in [0, 0.05) is 0 Å². The van der Waals surface area contributed by atoms with Gasteiger partial charge in [-0.25, -0.2) is 28.6 Å². The van der Waals surface area contributed by atoms with E-state index in [1.165, 1.54) is 4.57 Å². The first-order chi connectivity index (χ1) is 15.1. The van der Waals surface area contributed by atoms with Crippen LogP contribution in [0.15, 0.2) is 12.7 Å². The van der Waals surface area contributed by atoms with Gasteiger partial charge in [0.1, 0.15) is 24.1 Å². The number of phosphoric ester groups is 1. The van der Waals surface area contributed by atoms with Crippen LogP contribution in [0.5, 0.6) is 0 Å². The van der Waals surface area contributed by atoms with Gasteiger partial charge in [-0.2, -0.15) is 8.62 Å². The molecule has 0 bridgehead atoms.